The second kappa shape index (κ2) is 5.60. The molecule has 2 unspecified atom stereocenters. The average Bonchev–Trinajstić information content (AvgIpc) is 3.26. The van der Waals surface area contributed by atoms with Gasteiger partial charge in [-0.05, 0) is 29.7 Å². The van der Waals surface area contributed by atoms with Crippen LogP contribution in [0.1, 0.15) is 23.5 Å². The SMILES string of the molecule is NCc1ccc(S(=O)(=O)NC2CC2c2ccccc2)cc1. The molecular formula is C16H18N2O2S. The van der Waals surface area contributed by atoms with E-state index in [0.717, 1.165) is 12.0 Å². The number of nitrogens with one attached hydrogen (secondary N) is 1. The van der Waals surface area contributed by atoms with E-state index in [1.807, 2.05) is 30.3 Å². The van der Waals surface area contributed by atoms with Crippen LogP contribution < -0.4 is 10.5 Å². The van der Waals surface area contributed by atoms with Gasteiger partial charge in [0.1, 0.15) is 0 Å². The second-order valence-electron chi connectivity index (χ2n) is 5.33. The predicted molar refractivity (Wildman–Crippen MR) is 82.2 cm³/mol. The van der Waals surface area contributed by atoms with Crippen molar-refractivity contribution in [2.45, 2.75) is 29.8 Å². The van der Waals surface area contributed by atoms with E-state index in [0.29, 0.717) is 11.4 Å². The first-order valence-corrected chi connectivity index (χ1v) is 8.45. The molecule has 0 saturated heterocycles. The normalized spacial score (nSPS) is 21.2. The number of benzene rings is 2. The minimum atomic E-state index is -3.45. The van der Waals surface area contributed by atoms with Crippen LogP contribution in [0.25, 0.3) is 0 Å². The van der Waals surface area contributed by atoms with Crippen molar-refractivity contribution in [3.63, 3.8) is 0 Å². The van der Waals surface area contributed by atoms with Crippen molar-refractivity contribution >= 4 is 10.0 Å². The molecule has 0 bridgehead atoms. The Bertz CT molecular complexity index is 712. The van der Waals surface area contributed by atoms with Crippen LogP contribution in [0, 0.1) is 0 Å². The monoisotopic (exact) mass is 302 g/mol. The van der Waals surface area contributed by atoms with Crippen molar-refractivity contribution in [1.82, 2.24) is 4.72 Å². The van der Waals surface area contributed by atoms with Crippen LogP contribution in [0.2, 0.25) is 0 Å². The van der Waals surface area contributed by atoms with Crippen LogP contribution in [-0.2, 0) is 16.6 Å². The Morgan fingerprint density at radius 1 is 1.05 bits per heavy atom. The number of hydrogen-bond acceptors (Lipinski definition) is 3. The fraction of sp³-hybridized carbons (Fsp3) is 0.250. The summed E-state index contributed by atoms with van der Waals surface area (Å²) >= 11 is 0. The summed E-state index contributed by atoms with van der Waals surface area (Å²) in [5, 5.41) is 0. The number of rotatable bonds is 5. The Morgan fingerprint density at radius 3 is 2.33 bits per heavy atom. The molecule has 21 heavy (non-hydrogen) atoms. The van der Waals surface area contributed by atoms with Crippen LogP contribution in [0.3, 0.4) is 0 Å². The molecule has 1 aliphatic rings. The van der Waals surface area contributed by atoms with Gasteiger partial charge in [-0.25, -0.2) is 13.1 Å². The lowest BCUT2D eigenvalue weighted by atomic mass is 10.1. The maximum absolute atomic E-state index is 12.3. The highest BCUT2D eigenvalue weighted by Gasteiger charge is 2.41. The van der Waals surface area contributed by atoms with Crippen LogP contribution in [0.15, 0.2) is 59.5 Å². The third-order valence-electron chi connectivity index (χ3n) is 3.79. The van der Waals surface area contributed by atoms with Gasteiger partial charge in [0.05, 0.1) is 4.90 Å². The van der Waals surface area contributed by atoms with Gasteiger partial charge in [-0.2, -0.15) is 0 Å². The molecule has 3 rings (SSSR count). The molecule has 0 spiro atoms. The summed E-state index contributed by atoms with van der Waals surface area (Å²) in [6.45, 7) is 0.409. The minimum absolute atomic E-state index is 0.00779. The number of hydrogen-bond donors (Lipinski definition) is 2. The van der Waals surface area contributed by atoms with E-state index >= 15 is 0 Å². The van der Waals surface area contributed by atoms with Crippen molar-refractivity contribution in [3.05, 3.63) is 65.7 Å². The molecule has 0 amide bonds. The third kappa shape index (κ3) is 3.15. The smallest absolute Gasteiger partial charge is 0.240 e. The van der Waals surface area contributed by atoms with Gasteiger partial charge in [0.25, 0.3) is 0 Å². The molecule has 5 heteroatoms. The summed E-state index contributed by atoms with van der Waals surface area (Å²) < 4.78 is 27.4. The van der Waals surface area contributed by atoms with Crippen molar-refractivity contribution in [1.29, 1.82) is 0 Å². The maximum Gasteiger partial charge on any atom is 0.240 e. The number of sulfonamides is 1. The van der Waals surface area contributed by atoms with E-state index < -0.39 is 10.0 Å². The summed E-state index contributed by atoms with van der Waals surface area (Å²) in [7, 11) is -3.45. The van der Waals surface area contributed by atoms with E-state index in [9.17, 15) is 8.42 Å². The Balaban J connectivity index is 1.70. The molecule has 0 aromatic heterocycles. The van der Waals surface area contributed by atoms with E-state index in [1.165, 1.54) is 5.56 Å². The van der Waals surface area contributed by atoms with E-state index in [-0.39, 0.29) is 12.0 Å². The van der Waals surface area contributed by atoms with Gasteiger partial charge in [-0.15, -0.1) is 0 Å². The van der Waals surface area contributed by atoms with Gasteiger partial charge in [0.2, 0.25) is 10.0 Å². The molecule has 1 aliphatic carbocycles. The van der Waals surface area contributed by atoms with Crippen LogP contribution in [0.4, 0.5) is 0 Å². The lowest BCUT2D eigenvalue weighted by Gasteiger charge is -2.07. The summed E-state index contributed by atoms with van der Waals surface area (Å²) in [5.74, 6) is 0.282. The maximum atomic E-state index is 12.3. The van der Waals surface area contributed by atoms with Crippen molar-refractivity contribution in [2.24, 2.45) is 5.73 Å². The molecule has 2 aromatic rings. The fourth-order valence-corrected chi connectivity index (χ4v) is 3.76. The minimum Gasteiger partial charge on any atom is -0.326 e. The molecule has 2 aromatic carbocycles. The first-order chi connectivity index (χ1) is 10.1. The summed E-state index contributed by atoms with van der Waals surface area (Å²) in [4.78, 5) is 0.290. The van der Waals surface area contributed by atoms with E-state index in [2.05, 4.69) is 4.72 Å². The zero-order valence-corrected chi connectivity index (χ0v) is 12.4. The molecule has 1 fully saturated rings. The zero-order valence-electron chi connectivity index (χ0n) is 11.6. The zero-order chi connectivity index (χ0) is 14.9. The summed E-state index contributed by atoms with van der Waals surface area (Å²) in [6, 6.07) is 16.7. The van der Waals surface area contributed by atoms with Crippen LogP contribution >= 0.6 is 0 Å². The highest BCUT2D eigenvalue weighted by molar-refractivity contribution is 7.89. The van der Waals surface area contributed by atoms with E-state index in [4.69, 9.17) is 5.73 Å². The molecule has 1 saturated carbocycles. The number of nitrogens with two attached hydrogens (primary N) is 1. The molecular weight excluding hydrogens is 284 g/mol. The highest BCUT2D eigenvalue weighted by atomic mass is 32.2. The molecule has 0 aliphatic heterocycles. The van der Waals surface area contributed by atoms with Gasteiger partial charge in [0, 0.05) is 18.5 Å². The average molecular weight is 302 g/mol. The highest BCUT2D eigenvalue weighted by Crippen LogP contribution is 2.41. The predicted octanol–water partition coefficient (Wildman–Crippen LogP) is 1.98. The lowest BCUT2D eigenvalue weighted by molar-refractivity contribution is 0.580. The fourth-order valence-electron chi connectivity index (χ4n) is 2.47. The van der Waals surface area contributed by atoms with Gasteiger partial charge >= 0.3 is 0 Å². The molecule has 0 heterocycles. The summed E-state index contributed by atoms with van der Waals surface area (Å²) in [6.07, 6.45) is 0.851. The van der Waals surface area contributed by atoms with Gasteiger partial charge < -0.3 is 5.73 Å². The van der Waals surface area contributed by atoms with Crippen LogP contribution in [0.5, 0.6) is 0 Å². The molecule has 4 nitrogen and oxygen atoms in total. The lowest BCUT2D eigenvalue weighted by Crippen LogP contribution is -2.26. The standard InChI is InChI=1S/C16H18N2O2S/c17-11-12-6-8-14(9-7-12)21(19,20)18-16-10-15(16)13-4-2-1-3-5-13/h1-9,15-16,18H,10-11,17H2. The third-order valence-corrected chi connectivity index (χ3v) is 5.30. The quantitative estimate of drug-likeness (QED) is 0.887. The van der Waals surface area contributed by atoms with Gasteiger partial charge in [-0.1, -0.05) is 42.5 Å². The van der Waals surface area contributed by atoms with E-state index in [1.54, 1.807) is 24.3 Å². The van der Waals surface area contributed by atoms with Gasteiger partial charge in [-0.3, -0.25) is 0 Å². The van der Waals surface area contributed by atoms with Crippen molar-refractivity contribution < 1.29 is 8.42 Å². The summed E-state index contributed by atoms with van der Waals surface area (Å²) in [5.41, 5.74) is 7.62. The van der Waals surface area contributed by atoms with Crippen molar-refractivity contribution in [2.75, 3.05) is 0 Å². The van der Waals surface area contributed by atoms with Crippen LogP contribution in [-0.4, -0.2) is 14.5 Å². The Labute approximate surface area is 125 Å². The molecule has 2 atom stereocenters. The van der Waals surface area contributed by atoms with Gasteiger partial charge in [0.15, 0.2) is 0 Å². The Kier molecular flexibility index (Phi) is 3.80. The topological polar surface area (TPSA) is 72.2 Å². The first-order valence-electron chi connectivity index (χ1n) is 6.96. The Morgan fingerprint density at radius 2 is 1.71 bits per heavy atom. The molecule has 110 valence electrons. The first kappa shape index (κ1) is 14.3. The van der Waals surface area contributed by atoms with Crippen molar-refractivity contribution in [3.8, 4) is 0 Å². The molecule has 3 N–H and O–H groups in total. The molecule has 0 radical (unpaired) electrons. The second-order valence-corrected chi connectivity index (χ2v) is 7.04. The largest absolute Gasteiger partial charge is 0.326 e. The Hall–Kier alpha value is -1.69.